The zero-order chi connectivity index (χ0) is 35.6. The lowest BCUT2D eigenvalue weighted by Gasteiger charge is -2.10. The van der Waals surface area contributed by atoms with Crippen LogP contribution in [0.15, 0.2) is 180 Å². The van der Waals surface area contributed by atoms with Crippen LogP contribution in [0.2, 0.25) is 0 Å². The molecular formula is C49H29N3OS. The molecule has 0 saturated carbocycles. The molecule has 0 unspecified atom stereocenters. The van der Waals surface area contributed by atoms with E-state index in [2.05, 4.69) is 133 Å². The van der Waals surface area contributed by atoms with Crippen LogP contribution in [-0.4, -0.2) is 15.0 Å². The summed E-state index contributed by atoms with van der Waals surface area (Å²) in [4.78, 5) is 15.3. The van der Waals surface area contributed by atoms with Crippen molar-refractivity contribution in [2.45, 2.75) is 0 Å². The van der Waals surface area contributed by atoms with Gasteiger partial charge in [0.1, 0.15) is 11.2 Å². The van der Waals surface area contributed by atoms with Gasteiger partial charge in [-0.3, -0.25) is 0 Å². The maximum Gasteiger partial charge on any atom is 0.164 e. The molecule has 0 atom stereocenters. The van der Waals surface area contributed by atoms with Crippen LogP contribution in [0.4, 0.5) is 0 Å². The molecule has 0 bridgehead atoms. The van der Waals surface area contributed by atoms with E-state index in [1.165, 1.54) is 42.2 Å². The van der Waals surface area contributed by atoms with Crippen molar-refractivity contribution in [3.63, 3.8) is 0 Å². The first-order chi connectivity index (χ1) is 26.7. The molecule has 3 aromatic heterocycles. The first-order valence-corrected chi connectivity index (χ1v) is 18.8. The Balaban J connectivity index is 1.11. The Hall–Kier alpha value is -6.95. The Morgan fingerprint density at radius 3 is 1.87 bits per heavy atom. The van der Waals surface area contributed by atoms with Crippen molar-refractivity contribution >= 4 is 64.2 Å². The minimum Gasteiger partial charge on any atom is -0.456 e. The summed E-state index contributed by atoms with van der Waals surface area (Å²) in [5.74, 6) is 1.85. The molecule has 0 saturated heterocycles. The van der Waals surface area contributed by atoms with Gasteiger partial charge in [0.25, 0.3) is 0 Å². The van der Waals surface area contributed by atoms with E-state index in [4.69, 9.17) is 19.4 Å². The minimum atomic E-state index is 0.602. The predicted molar refractivity (Wildman–Crippen MR) is 225 cm³/mol. The van der Waals surface area contributed by atoms with E-state index in [0.717, 1.165) is 49.6 Å². The van der Waals surface area contributed by atoms with E-state index in [9.17, 15) is 0 Å². The summed E-state index contributed by atoms with van der Waals surface area (Å²) >= 11 is 1.84. The van der Waals surface area contributed by atoms with Gasteiger partial charge in [-0.1, -0.05) is 133 Å². The van der Waals surface area contributed by atoms with Crippen molar-refractivity contribution in [3.8, 4) is 56.4 Å². The topological polar surface area (TPSA) is 51.8 Å². The quantitative estimate of drug-likeness (QED) is 0.179. The van der Waals surface area contributed by atoms with Crippen molar-refractivity contribution < 1.29 is 4.42 Å². The summed E-state index contributed by atoms with van der Waals surface area (Å²) in [6.45, 7) is 0. The van der Waals surface area contributed by atoms with Crippen LogP contribution in [0.25, 0.3) is 109 Å². The number of furan rings is 1. The summed E-state index contributed by atoms with van der Waals surface area (Å²) in [5.41, 5.74) is 9.14. The highest BCUT2D eigenvalue weighted by molar-refractivity contribution is 7.26. The van der Waals surface area contributed by atoms with E-state index in [1.807, 2.05) is 53.8 Å². The molecule has 0 radical (unpaired) electrons. The lowest BCUT2D eigenvalue weighted by molar-refractivity contribution is 0.669. The summed E-state index contributed by atoms with van der Waals surface area (Å²) in [6.07, 6.45) is 0. The zero-order valence-electron chi connectivity index (χ0n) is 28.9. The van der Waals surface area contributed by atoms with Crippen LogP contribution in [-0.2, 0) is 0 Å². The highest BCUT2D eigenvalue weighted by Gasteiger charge is 2.20. The first-order valence-electron chi connectivity index (χ1n) is 18.0. The average molecular weight is 708 g/mol. The van der Waals surface area contributed by atoms with E-state index < -0.39 is 0 Å². The Morgan fingerprint density at radius 1 is 0.352 bits per heavy atom. The maximum absolute atomic E-state index is 6.52. The van der Waals surface area contributed by atoms with E-state index >= 15 is 0 Å². The van der Waals surface area contributed by atoms with Crippen LogP contribution in [0.5, 0.6) is 0 Å². The summed E-state index contributed by atoms with van der Waals surface area (Å²) < 4.78 is 9.07. The van der Waals surface area contributed by atoms with Gasteiger partial charge in [-0.2, -0.15) is 0 Å². The molecule has 252 valence electrons. The zero-order valence-corrected chi connectivity index (χ0v) is 29.7. The third kappa shape index (κ3) is 5.09. The monoisotopic (exact) mass is 707 g/mol. The number of fused-ring (bicyclic) bond motifs is 7. The fraction of sp³-hybridized carbons (Fsp3) is 0. The normalized spacial score (nSPS) is 11.7. The Labute approximate surface area is 314 Å². The molecule has 11 rings (SSSR count). The molecule has 0 spiro atoms. The molecule has 0 aliphatic carbocycles. The van der Waals surface area contributed by atoms with Crippen molar-refractivity contribution in [2.24, 2.45) is 0 Å². The first kappa shape index (κ1) is 30.7. The molecule has 8 aromatic carbocycles. The molecule has 54 heavy (non-hydrogen) atoms. The van der Waals surface area contributed by atoms with Crippen molar-refractivity contribution in [2.75, 3.05) is 0 Å². The second-order valence-corrected chi connectivity index (χ2v) is 14.7. The van der Waals surface area contributed by atoms with E-state index in [1.54, 1.807) is 0 Å². The van der Waals surface area contributed by atoms with Gasteiger partial charge in [0.2, 0.25) is 0 Å². The lowest BCUT2D eigenvalue weighted by atomic mass is 9.96. The smallest absolute Gasteiger partial charge is 0.164 e. The SMILES string of the molecule is c1ccc(-c2ccc3sc4cccc(-c5ccc6oc7cccc(-c8nc(-c9ccccc9)nc(-c9ccc%10ccccc%10c9)n8)c7c6c5)c4c3c2)cc1. The predicted octanol–water partition coefficient (Wildman–Crippen LogP) is 13.6. The third-order valence-corrected chi connectivity index (χ3v) is 11.5. The number of hydrogen-bond donors (Lipinski definition) is 0. The molecule has 0 fully saturated rings. The molecule has 11 aromatic rings. The van der Waals surface area contributed by atoms with E-state index in [-0.39, 0.29) is 0 Å². The van der Waals surface area contributed by atoms with Crippen LogP contribution in [0.3, 0.4) is 0 Å². The third-order valence-electron chi connectivity index (χ3n) is 10.3. The Kier molecular flexibility index (Phi) is 7.00. The molecule has 0 amide bonds. The standard InChI is InChI=1S/C49H29N3OS/c1-3-11-30(12-4-1)34-24-26-43-40(28-34)46-37(17-10-20-44(46)54-43)35-23-25-41-39(29-35)45-38(18-9-19-42(45)53-41)49-51-47(32-14-5-2-6-15-32)50-48(52-49)36-22-21-31-13-7-8-16-33(31)27-36/h1-29H. The fourth-order valence-corrected chi connectivity index (χ4v) is 8.84. The lowest BCUT2D eigenvalue weighted by Crippen LogP contribution is -2.00. The maximum atomic E-state index is 6.52. The van der Waals surface area contributed by atoms with Crippen molar-refractivity contribution in [1.82, 2.24) is 15.0 Å². The van der Waals surface area contributed by atoms with Crippen molar-refractivity contribution in [3.05, 3.63) is 176 Å². The molecule has 3 heterocycles. The molecule has 0 aliphatic heterocycles. The summed E-state index contributed by atoms with van der Waals surface area (Å²) in [6, 6.07) is 61.6. The molecular weight excluding hydrogens is 679 g/mol. The molecule has 0 aliphatic rings. The number of nitrogens with zero attached hydrogens (tertiary/aromatic N) is 3. The van der Waals surface area contributed by atoms with Crippen LogP contribution < -0.4 is 0 Å². The van der Waals surface area contributed by atoms with Crippen LogP contribution in [0, 0.1) is 0 Å². The van der Waals surface area contributed by atoms with Gasteiger partial charge in [0, 0.05) is 47.6 Å². The van der Waals surface area contributed by atoms with Crippen molar-refractivity contribution in [1.29, 1.82) is 0 Å². The molecule has 4 nitrogen and oxygen atoms in total. The van der Waals surface area contributed by atoms with Gasteiger partial charge in [-0.15, -0.1) is 11.3 Å². The van der Waals surface area contributed by atoms with Gasteiger partial charge >= 0.3 is 0 Å². The average Bonchev–Trinajstić information content (AvgIpc) is 3.82. The second kappa shape index (κ2) is 12.3. The number of thiophene rings is 1. The minimum absolute atomic E-state index is 0.602. The number of hydrogen-bond acceptors (Lipinski definition) is 5. The highest BCUT2D eigenvalue weighted by atomic mass is 32.1. The van der Waals surface area contributed by atoms with Gasteiger partial charge < -0.3 is 4.42 Å². The van der Waals surface area contributed by atoms with E-state index in [0.29, 0.717) is 17.5 Å². The molecule has 5 heteroatoms. The summed E-state index contributed by atoms with van der Waals surface area (Å²) in [5, 5.41) is 6.86. The van der Waals surface area contributed by atoms with Gasteiger partial charge in [-0.05, 0) is 75.5 Å². The van der Waals surface area contributed by atoms with Gasteiger partial charge in [0.05, 0.1) is 0 Å². The Morgan fingerprint density at radius 2 is 1.02 bits per heavy atom. The summed E-state index contributed by atoms with van der Waals surface area (Å²) in [7, 11) is 0. The fourth-order valence-electron chi connectivity index (χ4n) is 7.73. The van der Waals surface area contributed by atoms with Crippen LogP contribution in [0.1, 0.15) is 0 Å². The Bertz CT molecular complexity index is 3220. The molecule has 0 N–H and O–H groups in total. The second-order valence-electron chi connectivity index (χ2n) is 13.6. The highest BCUT2D eigenvalue weighted by Crippen LogP contribution is 2.44. The number of aromatic nitrogens is 3. The number of rotatable bonds is 5. The number of benzene rings is 8. The van der Waals surface area contributed by atoms with Crippen LogP contribution >= 0.6 is 11.3 Å². The largest absolute Gasteiger partial charge is 0.456 e. The van der Waals surface area contributed by atoms with Gasteiger partial charge in [0.15, 0.2) is 17.5 Å². The van der Waals surface area contributed by atoms with Gasteiger partial charge in [-0.25, -0.2) is 15.0 Å².